The Hall–Kier alpha value is -1.61. The predicted molar refractivity (Wildman–Crippen MR) is 79.1 cm³/mol. The van der Waals surface area contributed by atoms with Crippen molar-refractivity contribution in [2.45, 2.75) is 32.7 Å². The number of nitrogens with one attached hydrogen (secondary N) is 1. The molecule has 2 aromatic rings. The summed E-state index contributed by atoms with van der Waals surface area (Å²) in [6.45, 7) is 5.33. The number of nitrogens with zero attached hydrogens (tertiary/aromatic N) is 2. The summed E-state index contributed by atoms with van der Waals surface area (Å²) in [5, 5.41) is 8.12. The van der Waals surface area contributed by atoms with Gasteiger partial charge >= 0.3 is 0 Å². The molecule has 1 aromatic carbocycles. The third-order valence-corrected chi connectivity index (χ3v) is 3.29. The van der Waals surface area contributed by atoms with E-state index in [0.29, 0.717) is 6.04 Å². The van der Waals surface area contributed by atoms with Gasteiger partial charge in [-0.3, -0.25) is 4.68 Å². The highest BCUT2D eigenvalue weighted by molar-refractivity contribution is 5.23. The Morgan fingerprint density at radius 1 is 1.21 bits per heavy atom. The van der Waals surface area contributed by atoms with Crippen LogP contribution in [0.25, 0.3) is 0 Å². The maximum absolute atomic E-state index is 4.53. The summed E-state index contributed by atoms with van der Waals surface area (Å²) < 4.78 is 1.87. The molecule has 102 valence electrons. The smallest absolute Gasteiger partial charge is 0.0797 e. The molecule has 0 spiro atoms. The first-order valence-electron chi connectivity index (χ1n) is 6.97. The molecule has 2 rings (SSSR count). The van der Waals surface area contributed by atoms with E-state index in [2.05, 4.69) is 54.6 Å². The lowest BCUT2D eigenvalue weighted by atomic mass is 10.0. The Morgan fingerprint density at radius 2 is 1.95 bits per heavy atom. The van der Waals surface area contributed by atoms with Crippen molar-refractivity contribution >= 4 is 0 Å². The predicted octanol–water partition coefficient (Wildman–Crippen LogP) is 3.01. The van der Waals surface area contributed by atoms with E-state index in [1.807, 2.05) is 17.9 Å². The number of rotatable bonds is 6. The molecule has 1 N–H and O–H groups in total. The van der Waals surface area contributed by atoms with E-state index in [0.717, 1.165) is 25.1 Å². The summed E-state index contributed by atoms with van der Waals surface area (Å²) in [5.41, 5.74) is 3.78. The van der Waals surface area contributed by atoms with Crippen LogP contribution < -0.4 is 5.32 Å². The maximum atomic E-state index is 4.53. The lowest BCUT2D eigenvalue weighted by Crippen LogP contribution is -2.24. The van der Waals surface area contributed by atoms with Crippen LogP contribution in [-0.4, -0.2) is 16.3 Å². The van der Waals surface area contributed by atoms with Crippen LogP contribution in [0.4, 0.5) is 0 Å². The first kappa shape index (κ1) is 13.8. The molecule has 3 nitrogen and oxygen atoms in total. The second kappa shape index (κ2) is 6.53. The van der Waals surface area contributed by atoms with Crippen molar-refractivity contribution in [3.8, 4) is 0 Å². The SMILES string of the molecule is CCCNC(Cc1ccc(C)cc1)c1ccn(C)n1. The Kier molecular flexibility index (Phi) is 4.74. The van der Waals surface area contributed by atoms with Gasteiger partial charge < -0.3 is 5.32 Å². The molecule has 3 heteroatoms. The minimum atomic E-state index is 0.295. The number of benzene rings is 1. The summed E-state index contributed by atoms with van der Waals surface area (Å²) in [6.07, 6.45) is 4.12. The Balaban J connectivity index is 2.11. The largest absolute Gasteiger partial charge is 0.308 e. The zero-order valence-electron chi connectivity index (χ0n) is 12.1. The Bertz CT molecular complexity index is 499. The van der Waals surface area contributed by atoms with E-state index in [1.165, 1.54) is 11.1 Å². The summed E-state index contributed by atoms with van der Waals surface area (Å²) in [6, 6.07) is 11.2. The van der Waals surface area contributed by atoms with E-state index in [1.54, 1.807) is 0 Å². The van der Waals surface area contributed by atoms with Crippen molar-refractivity contribution in [1.82, 2.24) is 15.1 Å². The van der Waals surface area contributed by atoms with Crippen LogP contribution in [0.5, 0.6) is 0 Å². The lowest BCUT2D eigenvalue weighted by Gasteiger charge is -2.16. The first-order chi connectivity index (χ1) is 9.19. The quantitative estimate of drug-likeness (QED) is 0.862. The topological polar surface area (TPSA) is 29.9 Å². The summed E-state index contributed by atoms with van der Waals surface area (Å²) >= 11 is 0. The average Bonchev–Trinajstić information content (AvgIpc) is 2.83. The molecule has 0 saturated carbocycles. The van der Waals surface area contributed by atoms with Gasteiger partial charge in [-0.2, -0.15) is 5.10 Å². The second-order valence-electron chi connectivity index (χ2n) is 5.11. The van der Waals surface area contributed by atoms with Crippen LogP contribution in [0, 0.1) is 6.92 Å². The summed E-state index contributed by atoms with van der Waals surface area (Å²) in [4.78, 5) is 0. The average molecular weight is 257 g/mol. The Labute approximate surface area is 115 Å². The lowest BCUT2D eigenvalue weighted by molar-refractivity contribution is 0.510. The van der Waals surface area contributed by atoms with Gasteiger partial charge in [-0.25, -0.2) is 0 Å². The molecule has 1 atom stereocenters. The van der Waals surface area contributed by atoms with Gasteiger partial charge in [0.1, 0.15) is 0 Å². The summed E-state index contributed by atoms with van der Waals surface area (Å²) in [5.74, 6) is 0. The molecule has 1 unspecified atom stereocenters. The highest BCUT2D eigenvalue weighted by atomic mass is 15.3. The van der Waals surface area contributed by atoms with Crippen LogP contribution in [0.1, 0.15) is 36.2 Å². The van der Waals surface area contributed by atoms with E-state index in [-0.39, 0.29) is 0 Å². The fourth-order valence-corrected chi connectivity index (χ4v) is 2.18. The molecule has 0 amide bonds. The first-order valence-corrected chi connectivity index (χ1v) is 6.97. The van der Waals surface area contributed by atoms with Gasteiger partial charge in [-0.15, -0.1) is 0 Å². The molecule has 0 bridgehead atoms. The maximum Gasteiger partial charge on any atom is 0.0797 e. The highest BCUT2D eigenvalue weighted by Crippen LogP contribution is 2.17. The number of hydrogen-bond acceptors (Lipinski definition) is 2. The van der Waals surface area contributed by atoms with Crippen molar-refractivity contribution in [3.63, 3.8) is 0 Å². The standard InChI is InChI=1S/C16H23N3/c1-4-10-17-16(15-9-11-19(3)18-15)12-14-7-5-13(2)6-8-14/h5-9,11,16-17H,4,10,12H2,1-3H3. The zero-order chi connectivity index (χ0) is 13.7. The van der Waals surface area contributed by atoms with Gasteiger partial charge in [-0.1, -0.05) is 36.8 Å². The molecule has 0 fully saturated rings. The fraction of sp³-hybridized carbons (Fsp3) is 0.438. The molecular weight excluding hydrogens is 234 g/mol. The van der Waals surface area contributed by atoms with Crippen LogP contribution in [0.2, 0.25) is 0 Å². The van der Waals surface area contributed by atoms with Crippen LogP contribution >= 0.6 is 0 Å². The molecule has 0 aliphatic rings. The third kappa shape index (κ3) is 3.93. The normalized spacial score (nSPS) is 12.6. The van der Waals surface area contributed by atoms with Gasteiger partial charge in [0, 0.05) is 13.2 Å². The van der Waals surface area contributed by atoms with Crippen molar-refractivity contribution in [2.24, 2.45) is 7.05 Å². The molecule has 0 aliphatic heterocycles. The monoisotopic (exact) mass is 257 g/mol. The van der Waals surface area contributed by atoms with Crippen molar-refractivity contribution in [2.75, 3.05) is 6.54 Å². The molecule has 1 aromatic heterocycles. The minimum absolute atomic E-state index is 0.295. The fourth-order valence-electron chi connectivity index (χ4n) is 2.18. The van der Waals surface area contributed by atoms with E-state index >= 15 is 0 Å². The molecule has 1 heterocycles. The highest BCUT2D eigenvalue weighted by Gasteiger charge is 2.14. The zero-order valence-corrected chi connectivity index (χ0v) is 12.1. The van der Waals surface area contributed by atoms with Gasteiger partial charge in [0.15, 0.2) is 0 Å². The van der Waals surface area contributed by atoms with Crippen molar-refractivity contribution in [3.05, 3.63) is 53.3 Å². The summed E-state index contributed by atoms with van der Waals surface area (Å²) in [7, 11) is 1.96. The van der Waals surface area contributed by atoms with Crippen molar-refractivity contribution in [1.29, 1.82) is 0 Å². The van der Waals surface area contributed by atoms with Crippen LogP contribution in [0.15, 0.2) is 36.5 Å². The number of aromatic nitrogens is 2. The molecule has 0 aliphatic carbocycles. The Morgan fingerprint density at radius 3 is 2.53 bits per heavy atom. The minimum Gasteiger partial charge on any atom is -0.308 e. The second-order valence-corrected chi connectivity index (χ2v) is 5.11. The van der Waals surface area contributed by atoms with E-state index < -0.39 is 0 Å². The molecule has 19 heavy (non-hydrogen) atoms. The molecule has 0 saturated heterocycles. The van der Waals surface area contributed by atoms with E-state index in [9.17, 15) is 0 Å². The van der Waals surface area contributed by atoms with Gasteiger partial charge in [-0.05, 0) is 37.9 Å². The van der Waals surface area contributed by atoms with Gasteiger partial charge in [0.2, 0.25) is 0 Å². The van der Waals surface area contributed by atoms with Crippen LogP contribution in [0.3, 0.4) is 0 Å². The van der Waals surface area contributed by atoms with Gasteiger partial charge in [0.05, 0.1) is 11.7 Å². The third-order valence-electron chi connectivity index (χ3n) is 3.29. The number of aryl methyl sites for hydroxylation is 2. The van der Waals surface area contributed by atoms with E-state index in [4.69, 9.17) is 0 Å². The molecule has 0 radical (unpaired) electrons. The number of hydrogen-bond donors (Lipinski definition) is 1. The van der Waals surface area contributed by atoms with Crippen LogP contribution in [-0.2, 0) is 13.5 Å². The van der Waals surface area contributed by atoms with Crippen molar-refractivity contribution < 1.29 is 0 Å². The van der Waals surface area contributed by atoms with Gasteiger partial charge in [0.25, 0.3) is 0 Å². The molecular formula is C16H23N3.